The van der Waals surface area contributed by atoms with Gasteiger partial charge in [0.1, 0.15) is 0 Å². The summed E-state index contributed by atoms with van der Waals surface area (Å²) in [5.41, 5.74) is 0.124. The van der Waals surface area contributed by atoms with Gasteiger partial charge in [0.05, 0.1) is 11.1 Å². The third-order valence-electron chi connectivity index (χ3n) is 2.72. The van der Waals surface area contributed by atoms with Crippen molar-refractivity contribution in [3.05, 3.63) is 27.8 Å². The summed E-state index contributed by atoms with van der Waals surface area (Å²) in [4.78, 5) is 25.3. The quantitative estimate of drug-likeness (QED) is 0.587. The standard InChI is InChI=1S/C12H12INO2/c1-12(2)7-10(15)14(11(12)16)9-6-4-3-5-8(9)13/h3-6H,7H2,1-2H3. The number of nitrogens with zero attached hydrogens (tertiary/aromatic N) is 1. The van der Waals surface area contributed by atoms with Crippen LogP contribution < -0.4 is 4.90 Å². The number of carbonyl (C=O) groups is 2. The van der Waals surface area contributed by atoms with Crippen LogP contribution in [0.3, 0.4) is 0 Å². The molecule has 1 fully saturated rings. The lowest BCUT2D eigenvalue weighted by Crippen LogP contribution is -2.33. The molecule has 1 aliphatic rings. The number of benzene rings is 1. The van der Waals surface area contributed by atoms with Crippen molar-refractivity contribution in [1.82, 2.24) is 0 Å². The highest BCUT2D eigenvalue weighted by atomic mass is 127. The normalized spacial score (nSPS) is 19.3. The van der Waals surface area contributed by atoms with E-state index in [4.69, 9.17) is 0 Å². The molecule has 0 aromatic heterocycles. The molecule has 0 radical (unpaired) electrons. The molecule has 2 rings (SSSR count). The van der Waals surface area contributed by atoms with Crippen LogP contribution in [0.1, 0.15) is 20.3 Å². The summed E-state index contributed by atoms with van der Waals surface area (Å²) in [5.74, 6) is -0.222. The van der Waals surface area contributed by atoms with Crippen LogP contribution in [-0.2, 0) is 9.59 Å². The molecule has 0 unspecified atom stereocenters. The van der Waals surface area contributed by atoms with Crippen LogP contribution in [0.15, 0.2) is 24.3 Å². The molecule has 3 nitrogen and oxygen atoms in total. The molecule has 1 heterocycles. The summed E-state index contributed by atoms with van der Waals surface area (Å²) in [6, 6.07) is 7.42. The molecule has 4 heteroatoms. The number of para-hydroxylation sites is 1. The molecule has 1 aromatic carbocycles. The summed E-state index contributed by atoms with van der Waals surface area (Å²) in [6.45, 7) is 3.62. The van der Waals surface area contributed by atoms with Crippen molar-refractivity contribution in [1.29, 1.82) is 0 Å². The first kappa shape index (κ1) is 11.6. The lowest BCUT2D eigenvalue weighted by Gasteiger charge is -2.18. The van der Waals surface area contributed by atoms with Crippen molar-refractivity contribution in [2.75, 3.05) is 4.90 Å². The maximum Gasteiger partial charge on any atom is 0.239 e. The van der Waals surface area contributed by atoms with Gasteiger partial charge in [-0.15, -0.1) is 0 Å². The Bertz CT molecular complexity index is 468. The van der Waals surface area contributed by atoms with Crippen molar-refractivity contribution in [3.63, 3.8) is 0 Å². The fraction of sp³-hybridized carbons (Fsp3) is 0.333. The number of hydrogen-bond donors (Lipinski definition) is 0. The van der Waals surface area contributed by atoms with Gasteiger partial charge in [-0.25, -0.2) is 4.90 Å². The predicted octanol–water partition coefficient (Wildman–Crippen LogP) is 2.58. The molecule has 0 spiro atoms. The van der Waals surface area contributed by atoms with E-state index < -0.39 is 5.41 Å². The first-order chi connectivity index (χ1) is 7.43. The van der Waals surface area contributed by atoms with Crippen LogP contribution in [0.5, 0.6) is 0 Å². The summed E-state index contributed by atoms with van der Waals surface area (Å²) >= 11 is 2.14. The zero-order valence-electron chi connectivity index (χ0n) is 9.16. The van der Waals surface area contributed by atoms with Crippen LogP contribution in [0, 0.1) is 8.99 Å². The van der Waals surface area contributed by atoms with Crippen molar-refractivity contribution < 1.29 is 9.59 Å². The Morgan fingerprint density at radius 2 is 1.88 bits per heavy atom. The Labute approximate surface area is 108 Å². The lowest BCUT2D eigenvalue weighted by molar-refractivity contribution is -0.124. The maximum absolute atomic E-state index is 12.1. The van der Waals surface area contributed by atoms with Gasteiger partial charge in [-0.05, 0) is 34.7 Å². The predicted molar refractivity (Wildman–Crippen MR) is 70.1 cm³/mol. The molecule has 16 heavy (non-hydrogen) atoms. The number of hydrogen-bond acceptors (Lipinski definition) is 2. The van der Waals surface area contributed by atoms with Crippen LogP contribution >= 0.6 is 22.6 Å². The van der Waals surface area contributed by atoms with E-state index in [1.54, 1.807) is 6.07 Å². The minimum absolute atomic E-state index is 0.110. The first-order valence-corrected chi connectivity index (χ1v) is 6.13. The smallest absolute Gasteiger partial charge is 0.239 e. The molecule has 2 amide bonds. The average molecular weight is 329 g/mol. The second-order valence-electron chi connectivity index (χ2n) is 4.55. The SMILES string of the molecule is CC1(C)CC(=O)N(c2ccccc2I)C1=O. The van der Waals surface area contributed by atoms with Crippen molar-refractivity contribution in [3.8, 4) is 0 Å². The zero-order chi connectivity index (χ0) is 11.9. The van der Waals surface area contributed by atoms with Gasteiger partial charge in [0.25, 0.3) is 0 Å². The van der Waals surface area contributed by atoms with Crippen LogP contribution in [0.25, 0.3) is 0 Å². The van der Waals surface area contributed by atoms with Gasteiger partial charge in [0.15, 0.2) is 0 Å². The van der Waals surface area contributed by atoms with Gasteiger partial charge in [-0.1, -0.05) is 26.0 Å². The van der Waals surface area contributed by atoms with E-state index in [0.717, 1.165) is 3.57 Å². The van der Waals surface area contributed by atoms with Gasteiger partial charge in [0.2, 0.25) is 11.8 Å². The fourth-order valence-electron chi connectivity index (χ4n) is 1.83. The van der Waals surface area contributed by atoms with Crippen LogP contribution in [0.2, 0.25) is 0 Å². The summed E-state index contributed by atoms with van der Waals surface area (Å²) in [5, 5.41) is 0. The highest BCUT2D eigenvalue weighted by molar-refractivity contribution is 14.1. The second-order valence-corrected chi connectivity index (χ2v) is 5.71. The number of rotatable bonds is 1. The van der Waals surface area contributed by atoms with E-state index in [0.29, 0.717) is 5.69 Å². The number of halogens is 1. The molecular weight excluding hydrogens is 317 g/mol. The van der Waals surface area contributed by atoms with E-state index >= 15 is 0 Å². The number of carbonyl (C=O) groups excluding carboxylic acids is 2. The molecule has 0 bridgehead atoms. The number of amides is 2. The molecule has 0 saturated carbocycles. The number of imide groups is 1. The molecule has 84 valence electrons. The third-order valence-corrected chi connectivity index (χ3v) is 3.63. The summed E-state index contributed by atoms with van der Waals surface area (Å²) in [6.07, 6.45) is 0.288. The molecule has 1 aromatic rings. The topological polar surface area (TPSA) is 37.4 Å². The maximum atomic E-state index is 12.1. The van der Waals surface area contributed by atoms with E-state index in [2.05, 4.69) is 22.6 Å². The Balaban J connectivity index is 2.47. The number of anilines is 1. The van der Waals surface area contributed by atoms with Crippen LogP contribution in [-0.4, -0.2) is 11.8 Å². The van der Waals surface area contributed by atoms with Gasteiger partial charge in [-0.2, -0.15) is 0 Å². The highest BCUT2D eigenvalue weighted by Gasteiger charge is 2.45. The first-order valence-electron chi connectivity index (χ1n) is 5.05. The second kappa shape index (κ2) is 3.84. The molecule has 0 atom stereocenters. The van der Waals surface area contributed by atoms with Gasteiger partial charge >= 0.3 is 0 Å². The Kier molecular flexibility index (Phi) is 2.77. The van der Waals surface area contributed by atoms with Gasteiger partial charge in [0, 0.05) is 9.99 Å². The Morgan fingerprint density at radius 3 is 2.38 bits per heavy atom. The summed E-state index contributed by atoms with van der Waals surface area (Å²) < 4.78 is 0.916. The average Bonchev–Trinajstić information content (AvgIpc) is 2.39. The zero-order valence-corrected chi connectivity index (χ0v) is 11.3. The van der Waals surface area contributed by atoms with Crippen molar-refractivity contribution in [2.24, 2.45) is 5.41 Å². The fourth-order valence-corrected chi connectivity index (χ4v) is 2.45. The molecule has 0 N–H and O–H groups in total. The van der Waals surface area contributed by atoms with E-state index in [1.165, 1.54) is 4.90 Å². The van der Waals surface area contributed by atoms with E-state index in [9.17, 15) is 9.59 Å². The minimum atomic E-state index is -0.573. The van der Waals surface area contributed by atoms with Crippen molar-refractivity contribution in [2.45, 2.75) is 20.3 Å². The Morgan fingerprint density at radius 1 is 1.25 bits per heavy atom. The molecule has 1 saturated heterocycles. The lowest BCUT2D eigenvalue weighted by atomic mass is 9.92. The van der Waals surface area contributed by atoms with E-state index in [1.807, 2.05) is 32.0 Å². The Hall–Kier alpha value is -0.910. The molecular formula is C12H12INO2. The largest absolute Gasteiger partial charge is 0.274 e. The van der Waals surface area contributed by atoms with E-state index in [-0.39, 0.29) is 18.2 Å². The monoisotopic (exact) mass is 329 g/mol. The minimum Gasteiger partial charge on any atom is -0.274 e. The van der Waals surface area contributed by atoms with Crippen molar-refractivity contribution >= 4 is 40.1 Å². The summed E-state index contributed by atoms with van der Waals surface area (Å²) in [7, 11) is 0. The third kappa shape index (κ3) is 1.75. The molecule has 1 aliphatic heterocycles. The van der Waals surface area contributed by atoms with Crippen LogP contribution in [0.4, 0.5) is 5.69 Å². The van der Waals surface area contributed by atoms with Gasteiger partial charge < -0.3 is 0 Å². The molecule has 0 aliphatic carbocycles. The van der Waals surface area contributed by atoms with Gasteiger partial charge in [-0.3, -0.25) is 9.59 Å². The highest BCUT2D eigenvalue weighted by Crippen LogP contribution is 2.36.